The first-order chi connectivity index (χ1) is 17.3. The Morgan fingerprint density at radius 3 is 2.11 bits per heavy atom. The van der Waals surface area contributed by atoms with E-state index in [1.54, 1.807) is 59.4 Å². The third-order valence-electron chi connectivity index (χ3n) is 5.20. The molecule has 182 valence electrons. The maximum absolute atomic E-state index is 13.1. The number of anilines is 2. The molecule has 0 bridgehead atoms. The lowest BCUT2D eigenvalue weighted by Gasteiger charge is -2.14. The Morgan fingerprint density at radius 2 is 1.50 bits per heavy atom. The van der Waals surface area contributed by atoms with Gasteiger partial charge < -0.3 is 15.4 Å². The number of benzene rings is 3. The van der Waals surface area contributed by atoms with Gasteiger partial charge in [0.05, 0.1) is 5.69 Å². The number of halogens is 1. The molecule has 0 unspecified atom stereocenters. The summed E-state index contributed by atoms with van der Waals surface area (Å²) in [6, 6.07) is 22.9. The van der Waals surface area contributed by atoms with Crippen LogP contribution in [0.25, 0.3) is 16.9 Å². The van der Waals surface area contributed by atoms with Crippen molar-refractivity contribution in [2.24, 2.45) is 0 Å². The maximum atomic E-state index is 13.1. The van der Waals surface area contributed by atoms with Gasteiger partial charge in [-0.25, -0.2) is 9.48 Å². The van der Waals surface area contributed by atoms with E-state index in [4.69, 9.17) is 16.3 Å². The molecule has 0 aliphatic rings. The van der Waals surface area contributed by atoms with Crippen LogP contribution in [0.1, 0.15) is 24.2 Å². The Morgan fingerprint density at radius 1 is 0.889 bits per heavy atom. The van der Waals surface area contributed by atoms with Crippen molar-refractivity contribution in [2.75, 3.05) is 10.6 Å². The summed E-state index contributed by atoms with van der Waals surface area (Å²) in [6.07, 6.45) is 0.498. The van der Waals surface area contributed by atoms with Crippen LogP contribution in [0.4, 0.5) is 11.4 Å². The number of carbonyl (C=O) groups is 3. The molecule has 1 aromatic heterocycles. The number of hydrogen-bond donors (Lipinski definition) is 2. The van der Waals surface area contributed by atoms with Crippen LogP contribution in [0.3, 0.4) is 0 Å². The summed E-state index contributed by atoms with van der Waals surface area (Å²) in [7, 11) is 0. The smallest absolute Gasteiger partial charge is 0.342 e. The van der Waals surface area contributed by atoms with Crippen molar-refractivity contribution >= 4 is 40.8 Å². The van der Waals surface area contributed by atoms with Crippen molar-refractivity contribution < 1.29 is 19.1 Å². The number of esters is 1. The Kier molecular flexibility index (Phi) is 7.46. The lowest BCUT2D eigenvalue weighted by Crippen LogP contribution is -2.30. The van der Waals surface area contributed by atoms with Gasteiger partial charge in [-0.2, -0.15) is 5.10 Å². The van der Waals surface area contributed by atoms with Crippen LogP contribution in [0.2, 0.25) is 5.02 Å². The zero-order valence-corrected chi connectivity index (χ0v) is 20.3. The first kappa shape index (κ1) is 24.7. The first-order valence-electron chi connectivity index (χ1n) is 11.1. The molecular formula is C27H23ClN4O4. The highest BCUT2D eigenvalue weighted by Crippen LogP contribution is 2.26. The van der Waals surface area contributed by atoms with Gasteiger partial charge in [-0.15, -0.1) is 0 Å². The molecule has 0 aliphatic carbocycles. The van der Waals surface area contributed by atoms with E-state index in [1.807, 2.05) is 30.3 Å². The van der Waals surface area contributed by atoms with Crippen molar-refractivity contribution in [2.45, 2.75) is 20.0 Å². The molecule has 1 heterocycles. The Labute approximate surface area is 212 Å². The minimum atomic E-state index is -1.08. The summed E-state index contributed by atoms with van der Waals surface area (Å²) in [5.41, 5.74) is 3.15. The number of ether oxygens (including phenoxy) is 1. The van der Waals surface area contributed by atoms with Gasteiger partial charge in [0.2, 0.25) is 5.91 Å². The normalized spacial score (nSPS) is 11.4. The van der Waals surface area contributed by atoms with E-state index in [2.05, 4.69) is 15.7 Å². The predicted octanol–water partition coefficient (Wildman–Crippen LogP) is 5.34. The second-order valence-electron chi connectivity index (χ2n) is 7.97. The number of rotatable bonds is 7. The lowest BCUT2D eigenvalue weighted by molar-refractivity contribution is -0.123. The van der Waals surface area contributed by atoms with Crippen LogP contribution in [0.5, 0.6) is 0 Å². The van der Waals surface area contributed by atoms with E-state index in [0.29, 0.717) is 27.7 Å². The summed E-state index contributed by atoms with van der Waals surface area (Å²) >= 11 is 6.02. The molecule has 8 nitrogen and oxygen atoms in total. The molecule has 0 saturated heterocycles. The fourth-order valence-electron chi connectivity index (χ4n) is 3.42. The van der Waals surface area contributed by atoms with Crippen LogP contribution in [-0.4, -0.2) is 33.7 Å². The summed E-state index contributed by atoms with van der Waals surface area (Å²) < 4.78 is 7.08. The van der Waals surface area contributed by atoms with Crippen LogP contribution < -0.4 is 10.6 Å². The van der Waals surface area contributed by atoms with E-state index < -0.39 is 18.0 Å². The van der Waals surface area contributed by atoms with Crippen LogP contribution in [-0.2, 0) is 14.3 Å². The van der Waals surface area contributed by atoms with Gasteiger partial charge in [0.15, 0.2) is 6.10 Å². The zero-order valence-electron chi connectivity index (χ0n) is 19.6. The average Bonchev–Trinajstić information content (AvgIpc) is 3.31. The van der Waals surface area contributed by atoms with E-state index >= 15 is 0 Å². The summed E-state index contributed by atoms with van der Waals surface area (Å²) in [4.78, 5) is 37.0. The molecule has 0 radical (unpaired) electrons. The van der Waals surface area contributed by atoms with E-state index in [9.17, 15) is 14.4 Å². The number of nitrogens with one attached hydrogen (secondary N) is 2. The second-order valence-corrected chi connectivity index (χ2v) is 8.41. The standard InChI is InChI=1S/C27H23ClN4O4/c1-17(26(34)30-22-14-12-21(13-15-22)29-18(2)33)36-27(35)24-16-32(23-6-4-3-5-7-23)31-25(24)19-8-10-20(28)11-9-19/h3-17H,1-2H3,(H,29,33)(H,30,34)/t17-/m1/s1. The molecular weight excluding hydrogens is 480 g/mol. The topological polar surface area (TPSA) is 102 Å². The van der Waals surface area contributed by atoms with Gasteiger partial charge in [-0.3, -0.25) is 9.59 Å². The van der Waals surface area contributed by atoms with Crippen molar-refractivity contribution in [3.63, 3.8) is 0 Å². The average molecular weight is 503 g/mol. The lowest BCUT2D eigenvalue weighted by atomic mass is 10.1. The monoisotopic (exact) mass is 502 g/mol. The Hall–Kier alpha value is -4.43. The van der Waals surface area contributed by atoms with Gasteiger partial charge >= 0.3 is 5.97 Å². The molecule has 4 aromatic rings. The molecule has 9 heteroatoms. The fraction of sp³-hybridized carbons (Fsp3) is 0.111. The van der Waals surface area contributed by atoms with Gasteiger partial charge in [0, 0.05) is 35.1 Å². The van der Waals surface area contributed by atoms with Crippen LogP contribution in [0.15, 0.2) is 85.1 Å². The molecule has 2 N–H and O–H groups in total. The number of hydrogen-bond acceptors (Lipinski definition) is 5. The molecule has 1 atom stereocenters. The molecule has 0 spiro atoms. The minimum absolute atomic E-state index is 0.194. The van der Waals surface area contributed by atoms with Gasteiger partial charge in [-0.1, -0.05) is 41.9 Å². The quantitative estimate of drug-likeness (QED) is 0.332. The summed E-state index contributed by atoms with van der Waals surface area (Å²) in [5.74, 6) is -1.38. The first-order valence-corrected chi connectivity index (χ1v) is 11.5. The van der Waals surface area contributed by atoms with Crippen LogP contribution in [0, 0.1) is 0 Å². The zero-order chi connectivity index (χ0) is 25.7. The molecule has 36 heavy (non-hydrogen) atoms. The third-order valence-corrected chi connectivity index (χ3v) is 5.45. The van der Waals surface area contributed by atoms with Crippen LogP contribution >= 0.6 is 11.6 Å². The van der Waals surface area contributed by atoms with Crippen molar-refractivity contribution in [1.82, 2.24) is 9.78 Å². The number of amides is 2. The van der Waals surface area contributed by atoms with Crippen molar-refractivity contribution in [3.05, 3.63) is 95.6 Å². The van der Waals surface area contributed by atoms with E-state index in [0.717, 1.165) is 5.69 Å². The second kappa shape index (κ2) is 10.9. The molecule has 0 aliphatic heterocycles. The highest BCUT2D eigenvalue weighted by Gasteiger charge is 2.24. The molecule has 3 aromatic carbocycles. The number of nitrogens with zero attached hydrogens (tertiary/aromatic N) is 2. The predicted molar refractivity (Wildman–Crippen MR) is 138 cm³/mol. The molecule has 0 fully saturated rings. The highest BCUT2D eigenvalue weighted by atomic mass is 35.5. The number of para-hydroxylation sites is 1. The Bertz CT molecular complexity index is 1380. The SMILES string of the molecule is CC(=O)Nc1ccc(NC(=O)[C@@H](C)OC(=O)c2cn(-c3ccccc3)nc2-c2ccc(Cl)cc2)cc1. The summed E-state index contributed by atoms with van der Waals surface area (Å²) in [6.45, 7) is 2.90. The number of carbonyl (C=O) groups excluding carboxylic acids is 3. The highest BCUT2D eigenvalue weighted by molar-refractivity contribution is 6.30. The molecule has 0 saturated carbocycles. The van der Waals surface area contributed by atoms with Gasteiger partial charge in [0.1, 0.15) is 11.3 Å². The van der Waals surface area contributed by atoms with Crippen molar-refractivity contribution in [3.8, 4) is 16.9 Å². The Balaban J connectivity index is 1.52. The van der Waals surface area contributed by atoms with E-state index in [-0.39, 0.29) is 11.5 Å². The largest absolute Gasteiger partial charge is 0.449 e. The van der Waals surface area contributed by atoms with Gasteiger partial charge in [0.25, 0.3) is 5.91 Å². The number of aromatic nitrogens is 2. The fourth-order valence-corrected chi connectivity index (χ4v) is 3.54. The third kappa shape index (κ3) is 5.97. The molecule has 4 rings (SSSR count). The molecule has 2 amide bonds. The van der Waals surface area contributed by atoms with Gasteiger partial charge in [-0.05, 0) is 55.5 Å². The van der Waals surface area contributed by atoms with Crippen molar-refractivity contribution in [1.29, 1.82) is 0 Å². The summed E-state index contributed by atoms with van der Waals surface area (Å²) in [5, 5.41) is 10.5. The van der Waals surface area contributed by atoms with E-state index in [1.165, 1.54) is 13.8 Å². The minimum Gasteiger partial charge on any atom is -0.449 e. The maximum Gasteiger partial charge on any atom is 0.342 e.